The average Bonchev–Trinajstić information content (AvgIpc) is 2.55. The predicted octanol–water partition coefficient (Wildman–Crippen LogP) is 4.00. The van der Waals surface area contributed by atoms with Crippen molar-refractivity contribution in [2.75, 3.05) is 18.5 Å². The van der Waals surface area contributed by atoms with E-state index in [0.717, 1.165) is 40.8 Å². The zero-order valence-electron chi connectivity index (χ0n) is 12.7. The molecule has 0 amide bonds. The van der Waals surface area contributed by atoms with E-state index < -0.39 is 0 Å². The van der Waals surface area contributed by atoms with E-state index in [1.165, 1.54) is 5.56 Å². The molecular weight excluding hydrogens is 272 g/mol. The molecule has 0 radical (unpaired) electrons. The van der Waals surface area contributed by atoms with Crippen molar-refractivity contribution in [3.63, 3.8) is 0 Å². The second-order valence-corrected chi connectivity index (χ2v) is 5.44. The molecule has 0 saturated carbocycles. The van der Waals surface area contributed by atoms with E-state index in [1.807, 2.05) is 18.2 Å². The van der Waals surface area contributed by atoms with Gasteiger partial charge in [0, 0.05) is 29.8 Å². The minimum atomic E-state index is 0.195. The van der Waals surface area contributed by atoms with Crippen molar-refractivity contribution < 1.29 is 5.11 Å². The van der Waals surface area contributed by atoms with Crippen molar-refractivity contribution in [1.82, 2.24) is 4.98 Å². The molecule has 0 unspecified atom stereocenters. The van der Waals surface area contributed by atoms with E-state index in [4.69, 9.17) is 10.1 Å². The number of aryl methyl sites for hydroxylation is 1. The number of nitrogens with one attached hydrogen (secondary N) is 1. The van der Waals surface area contributed by atoms with E-state index >= 15 is 0 Å². The van der Waals surface area contributed by atoms with Crippen LogP contribution >= 0.6 is 0 Å². The molecule has 0 aliphatic rings. The molecule has 3 nitrogen and oxygen atoms in total. The van der Waals surface area contributed by atoms with Crippen molar-refractivity contribution >= 4 is 16.6 Å². The topological polar surface area (TPSA) is 45.1 Å². The molecule has 112 valence electrons. The van der Waals surface area contributed by atoms with Gasteiger partial charge in [-0.1, -0.05) is 48.0 Å². The van der Waals surface area contributed by atoms with Crippen LogP contribution in [0.3, 0.4) is 0 Å². The van der Waals surface area contributed by atoms with Crippen molar-refractivity contribution in [2.24, 2.45) is 0 Å². The van der Waals surface area contributed by atoms with Crippen LogP contribution in [0.2, 0.25) is 0 Å². The average molecular weight is 292 g/mol. The van der Waals surface area contributed by atoms with Crippen LogP contribution in [0.15, 0.2) is 54.6 Å². The molecular formula is C19H20N2O. The summed E-state index contributed by atoms with van der Waals surface area (Å²) >= 11 is 0. The van der Waals surface area contributed by atoms with Crippen LogP contribution in [-0.4, -0.2) is 23.2 Å². The van der Waals surface area contributed by atoms with Gasteiger partial charge in [-0.2, -0.15) is 0 Å². The summed E-state index contributed by atoms with van der Waals surface area (Å²) in [6, 6.07) is 18.6. The number of aromatic nitrogens is 1. The van der Waals surface area contributed by atoms with Gasteiger partial charge in [-0.05, 0) is 25.5 Å². The van der Waals surface area contributed by atoms with Gasteiger partial charge in [0.2, 0.25) is 0 Å². The fraction of sp³-hybridized carbons (Fsp3) is 0.211. The van der Waals surface area contributed by atoms with E-state index in [1.54, 1.807) is 0 Å². The van der Waals surface area contributed by atoms with Crippen molar-refractivity contribution in [3.05, 3.63) is 60.2 Å². The van der Waals surface area contributed by atoms with Gasteiger partial charge in [0.25, 0.3) is 0 Å². The quantitative estimate of drug-likeness (QED) is 0.699. The molecule has 22 heavy (non-hydrogen) atoms. The predicted molar refractivity (Wildman–Crippen MR) is 92.1 cm³/mol. The highest BCUT2D eigenvalue weighted by Crippen LogP contribution is 2.28. The van der Waals surface area contributed by atoms with Crippen LogP contribution in [0.5, 0.6) is 0 Å². The van der Waals surface area contributed by atoms with E-state index in [-0.39, 0.29) is 6.61 Å². The third-order valence-electron chi connectivity index (χ3n) is 3.71. The number of pyridine rings is 1. The first-order chi connectivity index (χ1) is 10.8. The van der Waals surface area contributed by atoms with E-state index in [9.17, 15) is 0 Å². The standard InChI is InChI=1S/C19H20N2O/c1-14-7-9-15(10-8-14)18-13-19(20-11-4-12-22)16-5-2-3-6-17(16)21-18/h2-3,5-10,13,22H,4,11-12H2,1H3,(H,20,21). The molecule has 3 aromatic rings. The lowest BCUT2D eigenvalue weighted by molar-refractivity contribution is 0.292. The second-order valence-electron chi connectivity index (χ2n) is 5.44. The number of aliphatic hydroxyl groups excluding tert-OH is 1. The van der Waals surface area contributed by atoms with Crippen molar-refractivity contribution in [3.8, 4) is 11.3 Å². The van der Waals surface area contributed by atoms with Crippen LogP contribution in [0.4, 0.5) is 5.69 Å². The minimum absolute atomic E-state index is 0.195. The van der Waals surface area contributed by atoms with Gasteiger partial charge < -0.3 is 10.4 Å². The molecule has 1 aromatic heterocycles. The van der Waals surface area contributed by atoms with Gasteiger partial charge in [0.1, 0.15) is 0 Å². The van der Waals surface area contributed by atoms with Gasteiger partial charge in [-0.25, -0.2) is 4.98 Å². The lowest BCUT2D eigenvalue weighted by Crippen LogP contribution is -2.04. The summed E-state index contributed by atoms with van der Waals surface area (Å²) in [5.74, 6) is 0. The van der Waals surface area contributed by atoms with Crippen molar-refractivity contribution in [1.29, 1.82) is 0 Å². The van der Waals surface area contributed by atoms with Crippen molar-refractivity contribution in [2.45, 2.75) is 13.3 Å². The molecule has 0 aliphatic heterocycles. The first-order valence-corrected chi connectivity index (χ1v) is 7.59. The fourth-order valence-corrected chi connectivity index (χ4v) is 2.50. The van der Waals surface area contributed by atoms with Crippen LogP contribution in [-0.2, 0) is 0 Å². The maximum Gasteiger partial charge on any atom is 0.0730 e. The second kappa shape index (κ2) is 6.58. The Morgan fingerprint density at radius 1 is 1.05 bits per heavy atom. The summed E-state index contributed by atoms with van der Waals surface area (Å²) in [6.45, 7) is 3.03. The zero-order valence-corrected chi connectivity index (χ0v) is 12.7. The number of aliphatic hydroxyl groups is 1. The molecule has 3 heteroatoms. The molecule has 2 aromatic carbocycles. The van der Waals surface area contributed by atoms with Gasteiger partial charge in [0.15, 0.2) is 0 Å². The molecule has 0 bridgehead atoms. The lowest BCUT2D eigenvalue weighted by Gasteiger charge is -2.12. The van der Waals surface area contributed by atoms with Crippen LogP contribution in [0, 0.1) is 6.92 Å². The normalized spacial score (nSPS) is 10.8. The summed E-state index contributed by atoms with van der Waals surface area (Å²) < 4.78 is 0. The summed E-state index contributed by atoms with van der Waals surface area (Å²) in [4.78, 5) is 4.77. The third kappa shape index (κ3) is 3.10. The molecule has 2 N–H and O–H groups in total. The number of rotatable bonds is 5. The SMILES string of the molecule is Cc1ccc(-c2cc(NCCCO)c3ccccc3n2)cc1. The van der Waals surface area contributed by atoms with Gasteiger partial charge >= 0.3 is 0 Å². The number of anilines is 1. The summed E-state index contributed by atoms with van der Waals surface area (Å²) in [6.07, 6.45) is 0.733. The Morgan fingerprint density at radius 2 is 1.82 bits per heavy atom. The Kier molecular flexibility index (Phi) is 4.35. The Labute approximate surface area is 130 Å². The molecule has 0 spiro atoms. The summed E-state index contributed by atoms with van der Waals surface area (Å²) in [5.41, 5.74) is 5.36. The highest BCUT2D eigenvalue weighted by Gasteiger charge is 2.07. The summed E-state index contributed by atoms with van der Waals surface area (Å²) in [7, 11) is 0. The molecule has 3 rings (SSSR count). The maximum absolute atomic E-state index is 8.96. The maximum atomic E-state index is 8.96. The van der Waals surface area contributed by atoms with Crippen LogP contribution in [0.1, 0.15) is 12.0 Å². The van der Waals surface area contributed by atoms with Gasteiger partial charge in [-0.3, -0.25) is 0 Å². The Morgan fingerprint density at radius 3 is 2.59 bits per heavy atom. The largest absolute Gasteiger partial charge is 0.396 e. The Hall–Kier alpha value is -2.39. The van der Waals surface area contributed by atoms with Crippen LogP contribution in [0.25, 0.3) is 22.2 Å². The highest BCUT2D eigenvalue weighted by atomic mass is 16.3. The molecule has 0 saturated heterocycles. The summed E-state index contributed by atoms with van der Waals surface area (Å²) in [5, 5.41) is 13.5. The molecule has 1 heterocycles. The number of hydrogen-bond acceptors (Lipinski definition) is 3. The third-order valence-corrected chi connectivity index (χ3v) is 3.71. The van der Waals surface area contributed by atoms with Gasteiger partial charge in [-0.15, -0.1) is 0 Å². The highest BCUT2D eigenvalue weighted by molar-refractivity contribution is 5.93. The number of benzene rings is 2. The monoisotopic (exact) mass is 292 g/mol. The number of hydrogen-bond donors (Lipinski definition) is 2. The zero-order chi connectivity index (χ0) is 15.4. The van der Waals surface area contributed by atoms with E-state index in [2.05, 4.69) is 48.6 Å². The Bertz CT molecular complexity index is 766. The first-order valence-electron chi connectivity index (χ1n) is 7.59. The molecule has 0 atom stereocenters. The Balaban J connectivity index is 2.05. The number of para-hydroxylation sites is 1. The smallest absolute Gasteiger partial charge is 0.0730 e. The molecule has 0 aliphatic carbocycles. The number of nitrogens with zero attached hydrogens (tertiary/aromatic N) is 1. The fourth-order valence-electron chi connectivity index (χ4n) is 2.50. The lowest BCUT2D eigenvalue weighted by atomic mass is 10.1. The van der Waals surface area contributed by atoms with E-state index in [0.29, 0.717) is 0 Å². The number of fused-ring (bicyclic) bond motifs is 1. The van der Waals surface area contributed by atoms with Gasteiger partial charge in [0.05, 0.1) is 11.2 Å². The first kappa shape index (κ1) is 14.5. The minimum Gasteiger partial charge on any atom is -0.396 e. The van der Waals surface area contributed by atoms with Crippen LogP contribution < -0.4 is 5.32 Å². The molecule has 0 fully saturated rings.